The normalized spacial score (nSPS) is 14.9. The Balaban J connectivity index is 4.29. The molecular formula is C13H30N2O3S. The largest absolute Gasteiger partial charge is 0.385 e. The van der Waals surface area contributed by atoms with Crippen LogP contribution in [-0.2, 0) is 14.8 Å². The summed E-state index contributed by atoms with van der Waals surface area (Å²) in [5.41, 5.74) is -0.103. The Hall–Kier alpha value is -0.170. The molecule has 0 radical (unpaired) electrons. The van der Waals surface area contributed by atoms with Gasteiger partial charge in [0.15, 0.2) is 0 Å². The molecule has 5 nitrogen and oxygen atoms in total. The fraction of sp³-hybridized carbons (Fsp3) is 1.00. The summed E-state index contributed by atoms with van der Waals surface area (Å²) >= 11 is 0. The second kappa shape index (κ2) is 8.19. The summed E-state index contributed by atoms with van der Waals surface area (Å²) < 4.78 is 31.9. The molecule has 0 heterocycles. The van der Waals surface area contributed by atoms with Gasteiger partial charge in [0.2, 0.25) is 10.0 Å². The zero-order valence-electron chi connectivity index (χ0n) is 13.1. The maximum atomic E-state index is 12.1. The minimum absolute atomic E-state index is 0.103. The fourth-order valence-electron chi connectivity index (χ4n) is 1.42. The van der Waals surface area contributed by atoms with E-state index in [0.29, 0.717) is 19.7 Å². The van der Waals surface area contributed by atoms with E-state index in [1.54, 1.807) is 14.0 Å². The van der Waals surface area contributed by atoms with E-state index in [4.69, 9.17) is 4.74 Å². The summed E-state index contributed by atoms with van der Waals surface area (Å²) in [5, 5.41) is 2.71. The van der Waals surface area contributed by atoms with E-state index in [-0.39, 0.29) is 11.5 Å². The van der Waals surface area contributed by atoms with Crippen molar-refractivity contribution in [3.63, 3.8) is 0 Å². The van der Waals surface area contributed by atoms with Crippen LogP contribution in [0.5, 0.6) is 0 Å². The quantitative estimate of drug-likeness (QED) is 0.638. The number of hydrogen-bond donors (Lipinski definition) is 2. The predicted octanol–water partition coefficient (Wildman–Crippen LogP) is 1.36. The van der Waals surface area contributed by atoms with Gasteiger partial charge in [-0.3, -0.25) is 0 Å². The highest BCUT2D eigenvalue weighted by Gasteiger charge is 2.25. The molecule has 0 rings (SSSR count). The SMILES string of the molecule is COCCC(C)(C)CNS(=O)(=O)C(C)CNC(C)C. The molecule has 0 amide bonds. The van der Waals surface area contributed by atoms with E-state index in [1.165, 1.54) is 0 Å². The van der Waals surface area contributed by atoms with Gasteiger partial charge in [0.05, 0.1) is 5.25 Å². The lowest BCUT2D eigenvalue weighted by Crippen LogP contribution is -2.43. The third-order valence-corrected chi connectivity index (χ3v) is 4.85. The van der Waals surface area contributed by atoms with E-state index in [1.807, 2.05) is 27.7 Å². The second-order valence-corrected chi connectivity index (χ2v) is 8.33. The van der Waals surface area contributed by atoms with Crippen molar-refractivity contribution in [2.24, 2.45) is 5.41 Å². The molecular weight excluding hydrogens is 264 g/mol. The minimum atomic E-state index is -3.27. The lowest BCUT2D eigenvalue weighted by Gasteiger charge is -2.26. The molecule has 0 aliphatic heterocycles. The fourth-order valence-corrected chi connectivity index (χ4v) is 2.61. The van der Waals surface area contributed by atoms with Crippen molar-refractivity contribution >= 4 is 10.0 Å². The van der Waals surface area contributed by atoms with Crippen LogP contribution in [-0.4, -0.2) is 46.5 Å². The Bertz CT molecular complexity index is 340. The van der Waals surface area contributed by atoms with E-state index in [2.05, 4.69) is 10.0 Å². The Morgan fingerprint density at radius 1 is 1.21 bits per heavy atom. The molecule has 6 heteroatoms. The number of rotatable bonds is 10. The van der Waals surface area contributed by atoms with Crippen LogP contribution in [0.2, 0.25) is 0 Å². The summed E-state index contributed by atoms with van der Waals surface area (Å²) in [7, 11) is -1.61. The molecule has 1 atom stereocenters. The van der Waals surface area contributed by atoms with Crippen molar-refractivity contribution < 1.29 is 13.2 Å². The molecule has 0 aliphatic carbocycles. The van der Waals surface area contributed by atoms with Crippen LogP contribution in [0, 0.1) is 5.41 Å². The van der Waals surface area contributed by atoms with Crippen molar-refractivity contribution in [3.05, 3.63) is 0 Å². The van der Waals surface area contributed by atoms with Crippen molar-refractivity contribution in [1.82, 2.24) is 10.0 Å². The van der Waals surface area contributed by atoms with Gasteiger partial charge in [-0.05, 0) is 18.8 Å². The molecule has 2 N–H and O–H groups in total. The molecule has 1 unspecified atom stereocenters. The number of sulfonamides is 1. The van der Waals surface area contributed by atoms with Gasteiger partial charge < -0.3 is 10.1 Å². The lowest BCUT2D eigenvalue weighted by molar-refractivity contribution is 0.153. The summed E-state index contributed by atoms with van der Waals surface area (Å²) in [5.74, 6) is 0. The minimum Gasteiger partial charge on any atom is -0.385 e. The van der Waals surface area contributed by atoms with Crippen LogP contribution >= 0.6 is 0 Å². The second-order valence-electron chi connectivity index (χ2n) is 6.15. The van der Waals surface area contributed by atoms with Crippen molar-refractivity contribution in [3.8, 4) is 0 Å². The van der Waals surface area contributed by atoms with Gasteiger partial charge in [0.1, 0.15) is 0 Å². The molecule has 0 spiro atoms. The average molecular weight is 294 g/mol. The Morgan fingerprint density at radius 3 is 2.26 bits per heavy atom. The standard InChI is InChI=1S/C13H30N2O3S/c1-11(2)14-9-12(3)19(16,17)15-10-13(4,5)7-8-18-6/h11-12,14-15H,7-10H2,1-6H3. The van der Waals surface area contributed by atoms with E-state index >= 15 is 0 Å². The van der Waals surface area contributed by atoms with E-state index < -0.39 is 15.3 Å². The average Bonchev–Trinajstić information content (AvgIpc) is 2.31. The molecule has 0 aromatic carbocycles. The Labute approximate surface area is 118 Å². The van der Waals surface area contributed by atoms with Crippen molar-refractivity contribution in [1.29, 1.82) is 0 Å². The highest BCUT2D eigenvalue weighted by Crippen LogP contribution is 2.19. The van der Waals surface area contributed by atoms with Gasteiger partial charge in [-0.25, -0.2) is 13.1 Å². The molecule has 0 saturated carbocycles. The maximum Gasteiger partial charge on any atom is 0.215 e. The first-order chi connectivity index (χ1) is 8.60. The van der Waals surface area contributed by atoms with Gasteiger partial charge in [-0.15, -0.1) is 0 Å². The van der Waals surface area contributed by atoms with Crippen LogP contribution < -0.4 is 10.0 Å². The first kappa shape index (κ1) is 18.8. The highest BCUT2D eigenvalue weighted by molar-refractivity contribution is 7.90. The number of ether oxygens (including phenoxy) is 1. The predicted molar refractivity (Wildman–Crippen MR) is 79.8 cm³/mol. The molecule has 0 fully saturated rings. The summed E-state index contributed by atoms with van der Waals surface area (Å²) in [6, 6.07) is 0.288. The molecule has 0 bridgehead atoms. The smallest absolute Gasteiger partial charge is 0.215 e. The van der Waals surface area contributed by atoms with Crippen molar-refractivity contribution in [2.75, 3.05) is 26.8 Å². The molecule has 116 valence electrons. The van der Waals surface area contributed by atoms with Gasteiger partial charge in [0, 0.05) is 32.8 Å². The number of hydrogen-bond acceptors (Lipinski definition) is 4. The van der Waals surface area contributed by atoms with Crippen LogP contribution in [0.25, 0.3) is 0 Å². The highest BCUT2D eigenvalue weighted by atomic mass is 32.2. The summed E-state index contributed by atoms with van der Waals surface area (Å²) in [6.45, 7) is 11.3. The van der Waals surface area contributed by atoms with Crippen LogP contribution in [0.4, 0.5) is 0 Å². The van der Waals surface area contributed by atoms with Crippen LogP contribution in [0.15, 0.2) is 0 Å². The van der Waals surface area contributed by atoms with Gasteiger partial charge in [-0.2, -0.15) is 0 Å². The van der Waals surface area contributed by atoms with Gasteiger partial charge in [-0.1, -0.05) is 27.7 Å². The maximum absolute atomic E-state index is 12.1. The Morgan fingerprint density at radius 2 is 1.79 bits per heavy atom. The van der Waals surface area contributed by atoms with E-state index in [9.17, 15) is 8.42 Å². The third-order valence-electron chi connectivity index (χ3n) is 3.08. The molecule has 0 aliphatic rings. The molecule has 0 aromatic heterocycles. The number of methoxy groups -OCH3 is 1. The first-order valence-electron chi connectivity index (χ1n) is 6.81. The Kier molecular flexibility index (Phi) is 8.12. The van der Waals surface area contributed by atoms with Crippen LogP contribution in [0.1, 0.15) is 41.0 Å². The summed E-state index contributed by atoms with van der Waals surface area (Å²) in [6.07, 6.45) is 0.824. The lowest BCUT2D eigenvalue weighted by atomic mass is 9.90. The number of nitrogens with one attached hydrogen (secondary N) is 2. The zero-order valence-corrected chi connectivity index (χ0v) is 13.9. The van der Waals surface area contributed by atoms with E-state index in [0.717, 1.165) is 6.42 Å². The van der Waals surface area contributed by atoms with Gasteiger partial charge in [0.25, 0.3) is 0 Å². The first-order valence-corrected chi connectivity index (χ1v) is 8.36. The third kappa shape index (κ3) is 8.57. The molecule has 0 aromatic rings. The zero-order chi connectivity index (χ0) is 15.1. The van der Waals surface area contributed by atoms with Gasteiger partial charge >= 0.3 is 0 Å². The molecule has 19 heavy (non-hydrogen) atoms. The van der Waals surface area contributed by atoms with Crippen LogP contribution in [0.3, 0.4) is 0 Å². The molecule has 0 saturated heterocycles. The summed E-state index contributed by atoms with van der Waals surface area (Å²) in [4.78, 5) is 0. The topological polar surface area (TPSA) is 67.4 Å². The van der Waals surface area contributed by atoms with Crippen molar-refractivity contribution in [2.45, 2.75) is 52.3 Å². The monoisotopic (exact) mass is 294 g/mol.